The van der Waals surface area contributed by atoms with Crippen LogP contribution in [0.15, 0.2) is 9.66 Å². The Bertz CT molecular complexity index is 241. The van der Waals surface area contributed by atoms with Crippen LogP contribution >= 0.6 is 22.6 Å². The van der Waals surface area contributed by atoms with Crippen LogP contribution in [0.3, 0.4) is 0 Å². The van der Waals surface area contributed by atoms with Crippen molar-refractivity contribution in [3.05, 3.63) is 9.66 Å². The lowest BCUT2D eigenvalue weighted by Gasteiger charge is -2.26. The number of ketones is 1. The second-order valence-corrected chi connectivity index (χ2v) is 4.09. The van der Waals surface area contributed by atoms with Gasteiger partial charge in [-0.2, -0.15) is 0 Å². The molecule has 1 saturated heterocycles. The summed E-state index contributed by atoms with van der Waals surface area (Å²) in [5, 5.41) is 0. The monoisotopic (exact) mass is 280 g/mol. The maximum atomic E-state index is 11.1. The summed E-state index contributed by atoms with van der Waals surface area (Å²) in [7, 11) is 0. The van der Waals surface area contributed by atoms with Crippen LogP contribution in [0.1, 0.15) is 12.8 Å². The summed E-state index contributed by atoms with van der Waals surface area (Å²) in [5.74, 6) is -0.370. The largest absolute Gasteiger partial charge is 0.344 e. The van der Waals surface area contributed by atoms with E-state index >= 15 is 0 Å². The average molecular weight is 280 g/mol. The van der Waals surface area contributed by atoms with Gasteiger partial charge < -0.3 is 9.47 Å². The van der Waals surface area contributed by atoms with Crippen molar-refractivity contribution in [2.45, 2.75) is 18.6 Å². The van der Waals surface area contributed by atoms with Gasteiger partial charge in [0, 0.05) is 12.8 Å². The van der Waals surface area contributed by atoms with Gasteiger partial charge in [0.1, 0.15) is 0 Å². The van der Waals surface area contributed by atoms with Gasteiger partial charge >= 0.3 is 0 Å². The molecule has 0 aromatic carbocycles. The van der Waals surface area contributed by atoms with Gasteiger partial charge in [-0.1, -0.05) is 0 Å². The molecule has 0 N–H and O–H groups in total. The molecule has 0 unspecified atom stereocenters. The fraction of sp³-hybridized carbons (Fsp3) is 0.625. The Kier molecular flexibility index (Phi) is 2.22. The van der Waals surface area contributed by atoms with Crippen LogP contribution in [-0.4, -0.2) is 24.8 Å². The summed E-state index contributed by atoms with van der Waals surface area (Å²) in [4.78, 5) is 11.1. The lowest BCUT2D eigenvalue weighted by molar-refractivity contribution is -0.136. The van der Waals surface area contributed by atoms with E-state index in [9.17, 15) is 4.79 Å². The van der Waals surface area contributed by atoms with E-state index in [1.807, 2.05) is 22.6 Å². The maximum Gasteiger partial charge on any atom is 0.189 e. The third kappa shape index (κ3) is 1.43. The van der Waals surface area contributed by atoms with Gasteiger partial charge in [0.2, 0.25) is 0 Å². The molecular formula is C8H9IO3. The van der Waals surface area contributed by atoms with Gasteiger partial charge in [0.15, 0.2) is 11.6 Å². The van der Waals surface area contributed by atoms with Gasteiger partial charge in [-0.15, -0.1) is 0 Å². The molecule has 12 heavy (non-hydrogen) atoms. The van der Waals surface area contributed by atoms with Crippen LogP contribution in [0.2, 0.25) is 0 Å². The summed E-state index contributed by atoms with van der Waals surface area (Å²) >= 11 is 2.03. The van der Waals surface area contributed by atoms with Gasteiger partial charge in [0.25, 0.3) is 0 Å². The van der Waals surface area contributed by atoms with Crippen molar-refractivity contribution in [2.75, 3.05) is 13.2 Å². The van der Waals surface area contributed by atoms with Crippen molar-refractivity contribution in [1.29, 1.82) is 0 Å². The van der Waals surface area contributed by atoms with E-state index in [4.69, 9.17) is 9.47 Å². The lowest BCUT2D eigenvalue weighted by atomic mass is 10.0. The Balaban J connectivity index is 2.24. The van der Waals surface area contributed by atoms with Crippen molar-refractivity contribution in [1.82, 2.24) is 0 Å². The Morgan fingerprint density at radius 3 is 2.67 bits per heavy atom. The highest BCUT2D eigenvalue weighted by atomic mass is 127. The molecule has 0 aromatic rings. The van der Waals surface area contributed by atoms with E-state index in [0.717, 1.165) is 3.58 Å². The average Bonchev–Trinajstić information content (AvgIpc) is 2.47. The molecule has 2 aliphatic rings. The minimum atomic E-state index is -0.565. The number of ether oxygens (including phenoxy) is 2. The maximum absolute atomic E-state index is 11.1. The van der Waals surface area contributed by atoms with Crippen LogP contribution < -0.4 is 0 Å². The van der Waals surface area contributed by atoms with Gasteiger partial charge in [-0.25, -0.2) is 0 Å². The topological polar surface area (TPSA) is 35.5 Å². The fourth-order valence-electron chi connectivity index (χ4n) is 1.45. The number of Topliss-reactive ketones (excluding diaryl/α,β-unsaturated/α-hetero) is 1. The zero-order valence-electron chi connectivity index (χ0n) is 6.51. The standard InChI is InChI=1S/C8H9IO3/c9-6-5-8(2-1-7(6)10)11-3-4-12-8/h5H,1-4H2. The molecule has 0 radical (unpaired) electrons. The van der Waals surface area contributed by atoms with Crippen LogP contribution in [0, 0.1) is 0 Å². The number of carbonyl (C=O) groups excluding carboxylic acids is 1. The first-order chi connectivity index (χ1) is 5.72. The van der Waals surface area contributed by atoms with E-state index < -0.39 is 5.79 Å². The molecule has 2 rings (SSSR count). The van der Waals surface area contributed by atoms with E-state index in [1.165, 1.54) is 0 Å². The first-order valence-electron chi connectivity index (χ1n) is 3.91. The molecule has 1 fully saturated rings. The predicted molar refractivity (Wildman–Crippen MR) is 51.0 cm³/mol. The molecule has 1 heterocycles. The van der Waals surface area contributed by atoms with E-state index in [-0.39, 0.29) is 5.78 Å². The van der Waals surface area contributed by atoms with Crippen molar-refractivity contribution in [3.8, 4) is 0 Å². The van der Waals surface area contributed by atoms with Crippen LogP contribution in [0.25, 0.3) is 0 Å². The lowest BCUT2D eigenvalue weighted by Crippen LogP contribution is -2.32. The quantitative estimate of drug-likeness (QED) is 0.629. The highest BCUT2D eigenvalue weighted by Gasteiger charge is 2.38. The summed E-state index contributed by atoms with van der Waals surface area (Å²) in [5.41, 5.74) is 0. The Labute approximate surface area is 84.2 Å². The van der Waals surface area contributed by atoms with Crippen molar-refractivity contribution < 1.29 is 14.3 Å². The number of halogens is 1. The number of carbonyl (C=O) groups is 1. The summed E-state index contributed by atoms with van der Waals surface area (Å²) in [6.07, 6.45) is 3.00. The highest BCUT2D eigenvalue weighted by molar-refractivity contribution is 14.1. The molecule has 0 saturated carbocycles. The van der Waals surface area contributed by atoms with Gasteiger partial charge in [-0.05, 0) is 28.7 Å². The summed E-state index contributed by atoms with van der Waals surface area (Å²) in [6, 6.07) is 0. The van der Waals surface area contributed by atoms with Gasteiger partial charge in [0.05, 0.1) is 16.8 Å². The number of rotatable bonds is 0. The molecule has 4 heteroatoms. The molecule has 1 spiro atoms. The smallest absolute Gasteiger partial charge is 0.189 e. The molecule has 0 bridgehead atoms. The SMILES string of the molecule is O=C1CCC2(C=C1I)OCCO2. The molecule has 1 aliphatic carbocycles. The first-order valence-corrected chi connectivity index (χ1v) is 4.99. The molecule has 66 valence electrons. The zero-order valence-corrected chi connectivity index (χ0v) is 8.67. The minimum absolute atomic E-state index is 0.195. The number of hydrogen-bond acceptors (Lipinski definition) is 3. The second-order valence-electron chi connectivity index (χ2n) is 2.92. The number of allylic oxidation sites excluding steroid dienone is 1. The van der Waals surface area contributed by atoms with Crippen molar-refractivity contribution in [3.63, 3.8) is 0 Å². The van der Waals surface area contributed by atoms with Crippen LogP contribution in [0.5, 0.6) is 0 Å². The van der Waals surface area contributed by atoms with E-state index in [0.29, 0.717) is 26.1 Å². The molecular weight excluding hydrogens is 271 g/mol. The van der Waals surface area contributed by atoms with E-state index in [2.05, 4.69) is 0 Å². The van der Waals surface area contributed by atoms with Crippen LogP contribution in [-0.2, 0) is 14.3 Å². The minimum Gasteiger partial charge on any atom is -0.344 e. The predicted octanol–water partition coefficient (Wildman–Crippen LogP) is 1.41. The normalized spacial score (nSPS) is 27.8. The van der Waals surface area contributed by atoms with Crippen molar-refractivity contribution in [2.24, 2.45) is 0 Å². The van der Waals surface area contributed by atoms with Crippen molar-refractivity contribution >= 4 is 28.4 Å². The molecule has 0 aromatic heterocycles. The highest BCUT2D eigenvalue weighted by Crippen LogP contribution is 2.34. The first kappa shape index (κ1) is 8.65. The molecule has 0 amide bonds. The third-order valence-electron chi connectivity index (χ3n) is 2.09. The Morgan fingerprint density at radius 2 is 2.08 bits per heavy atom. The van der Waals surface area contributed by atoms with Gasteiger partial charge in [-0.3, -0.25) is 4.79 Å². The number of hydrogen-bond donors (Lipinski definition) is 0. The fourth-order valence-corrected chi connectivity index (χ4v) is 2.20. The summed E-state index contributed by atoms with van der Waals surface area (Å²) < 4.78 is 11.6. The molecule has 0 atom stereocenters. The third-order valence-corrected chi connectivity index (χ3v) is 3.00. The summed E-state index contributed by atoms with van der Waals surface area (Å²) in [6.45, 7) is 1.27. The Hall–Kier alpha value is 0.0600. The second kappa shape index (κ2) is 3.08. The Morgan fingerprint density at radius 1 is 1.42 bits per heavy atom. The van der Waals surface area contributed by atoms with E-state index in [1.54, 1.807) is 6.08 Å². The zero-order chi connectivity index (χ0) is 8.60. The molecule has 3 nitrogen and oxygen atoms in total. The molecule has 1 aliphatic heterocycles. The van der Waals surface area contributed by atoms with Crippen LogP contribution in [0.4, 0.5) is 0 Å².